The van der Waals surface area contributed by atoms with Gasteiger partial charge in [-0.1, -0.05) is 0 Å². The number of rotatable bonds is 5. The summed E-state index contributed by atoms with van der Waals surface area (Å²) in [4.78, 5) is 15.3. The summed E-state index contributed by atoms with van der Waals surface area (Å²) in [6, 6.07) is 2.09. The Labute approximate surface area is 112 Å². The lowest BCUT2D eigenvalue weighted by Crippen LogP contribution is -2.44. The summed E-state index contributed by atoms with van der Waals surface area (Å²) in [7, 11) is 0. The molecule has 100 valence electrons. The van der Waals surface area contributed by atoms with Crippen LogP contribution >= 0.6 is 11.3 Å². The summed E-state index contributed by atoms with van der Waals surface area (Å²) in [6.07, 6.45) is 0.602. The van der Waals surface area contributed by atoms with E-state index in [9.17, 15) is 4.79 Å². The summed E-state index contributed by atoms with van der Waals surface area (Å²) in [6.45, 7) is 7.81. The molecule has 18 heavy (non-hydrogen) atoms. The number of carbonyl (C=O) groups excluding carboxylic acids is 1. The van der Waals surface area contributed by atoms with Crippen LogP contribution in [0.2, 0.25) is 0 Å². The van der Waals surface area contributed by atoms with E-state index in [-0.39, 0.29) is 5.91 Å². The predicted octanol–water partition coefficient (Wildman–Crippen LogP) is 0.968. The minimum atomic E-state index is 0.154. The second-order valence-corrected chi connectivity index (χ2v) is 5.65. The molecule has 0 aromatic carbocycles. The Hall–Kier alpha value is -0.910. The lowest BCUT2D eigenvalue weighted by atomic mass is 10.3. The van der Waals surface area contributed by atoms with Gasteiger partial charge in [0.05, 0.1) is 6.54 Å². The van der Waals surface area contributed by atoms with Crippen LogP contribution in [0.15, 0.2) is 11.4 Å². The number of aryl methyl sites for hydroxylation is 1. The molecule has 5 heteroatoms. The van der Waals surface area contributed by atoms with Crippen molar-refractivity contribution in [3.05, 3.63) is 21.9 Å². The van der Waals surface area contributed by atoms with Crippen LogP contribution in [0.4, 0.5) is 0 Å². The molecule has 1 fully saturated rings. The summed E-state index contributed by atoms with van der Waals surface area (Å²) < 4.78 is 0. The molecule has 0 aliphatic carbocycles. The van der Waals surface area contributed by atoms with Gasteiger partial charge in [0.15, 0.2) is 0 Å². The second kappa shape index (κ2) is 6.87. The molecule has 0 unspecified atom stereocenters. The van der Waals surface area contributed by atoms with Crippen molar-refractivity contribution in [3.8, 4) is 0 Å². The maximum Gasteiger partial charge on any atom is 0.221 e. The third-order valence-corrected chi connectivity index (χ3v) is 4.30. The Morgan fingerprint density at radius 2 is 2.28 bits per heavy atom. The fourth-order valence-electron chi connectivity index (χ4n) is 2.05. The van der Waals surface area contributed by atoms with Crippen LogP contribution in [-0.4, -0.2) is 43.5 Å². The van der Waals surface area contributed by atoms with Crippen LogP contribution in [0, 0.1) is 6.92 Å². The topological polar surface area (TPSA) is 44.4 Å². The van der Waals surface area contributed by atoms with Gasteiger partial charge in [-0.25, -0.2) is 0 Å². The number of carbonyl (C=O) groups is 1. The van der Waals surface area contributed by atoms with Gasteiger partial charge in [-0.2, -0.15) is 0 Å². The van der Waals surface area contributed by atoms with Crippen molar-refractivity contribution in [1.29, 1.82) is 0 Å². The Kier molecular flexibility index (Phi) is 5.16. The maximum atomic E-state index is 11.7. The highest BCUT2D eigenvalue weighted by molar-refractivity contribution is 7.10. The van der Waals surface area contributed by atoms with Crippen molar-refractivity contribution in [3.63, 3.8) is 0 Å². The van der Waals surface area contributed by atoms with Gasteiger partial charge in [-0.05, 0) is 23.9 Å². The molecule has 1 aromatic heterocycles. The molecular formula is C13H21N3OS. The highest BCUT2D eigenvalue weighted by Crippen LogP contribution is 2.14. The third kappa shape index (κ3) is 4.08. The molecule has 0 radical (unpaired) electrons. The number of piperazine rings is 1. The molecule has 2 heterocycles. The van der Waals surface area contributed by atoms with Gasteiger partial charge in [0, 0.05) is 44.0 Å². The fourth-order valence-corrected chi connectivity index (χ4v) is 2.89. The number of hydrogen-bond donors (Lipinski definition) is 2. The summed E-state index contributed by atoms with van der Waals surface area (Å²) in [5, 5.41) is 8.37. The van der Waals surface area contributed by atoms with E-state index in [1.54, 1.807) is 11.3 Å². The fraction of sp³-hybridized carbons (Fsp3) is 0.615. The maximum absolute atomic E-state index is 11.7. The first kappa shape index (κ1) is 13.5. The van der Waals surface area contributed by atoms with Gasteiger partial charge >= 0.3 is 0 Å². The van der Waals surface area contributed by atoms with Crippen molar-refractivity contribution >= 4 is 17.2 Å². The van der Waals surface area contributed by atoms with E-state index in [0.29, 0.717) is 13.0 Å². The molecule has 2 N–H and O–H groups in total. The third-order valence-electron chi connectivity index (χ3n) is 3.28. The van der Waals surface area contributed by atoms with Gasteiger partial charge < -0.3 is 15.5 Å². The molecule has 0 spiro atoms. The Bertz CT molecular complexity index is 385. The van der Waals surface area contributed by atoms with Crippen LogP contribution in [-0.2, 0) is 11.3 Å². The first-order valence-corrected chi connectivity index (χ1v) is 7.36. The normalized spacial score (nSPS) is 16.7. The number of hydrogen-bond acceptors (Lipinski definition) is 4. The average molecular weight is 267 g/mol. The van der Waals surface area contributed by atoms with Gasteiger partial charge in [-0.3, -0.25) is 4.79 Å². The SMILES string of the molecule is Cc1ccsc1CNC(=O)CCN1CCNCC1. The van der Waals surface area contributed by atoms with Crippen LogP contribution in [0.5, 0.6) is 0 Å². The van der Waals surface area contributed by atoms with Crippen LogP contribution < -0.4 is 10.6 Å². The number of nitrogens with one attached hydrogen (secondary N) is 2. The monoisotopic (exact) mass is 267 g/mol. The summed E-state index contributed by atoms with van der Waals surface area (Å²) in [5.74, 6) is 0.154. The van der Waals surface area contributed by atoms with E-state index < -0.39 is 0 Å². The second-order valence-electron chi connectivity index (χ2n) is 4.65. The van der Waals surface area contributed by atoms with Gasteiger partial charge in [0.2, 0.25) is 5.91 Å². The first-order chi connectivity index (χ1) is 8.75. The van der Waals surface area contributed by atoms with E-state index in [0.717, 1.165) is 32.7 Å². The first-order valence-electron chi connectivity index (χ1n) is 6.48. The van der Waals surface area contributed by atoms with Gasteiger partial charge in [0.25, 0.3) is 0 Å². The molecule has 0 atom stereocenters. The van der Waals surface area contributed by atoms with Crippen molar-refractivity contribution in [2.24, 2.45) is 0 Å². The molecule has 1 aromatic rings. The molecule has 1 saturated heterocycles. The standard InChI is InChI=1S/C13H21N3OS/c1-11-3-9-18-12(11)10-15-13(17)2-6-16-7-4-14-5-8-16/h3,9,14H,2,4-8,10H2,1H3,(H,15,17). The molecule has 0 bridgehead atoms. The zero-order valence-corrected chi connectivity index (χ0v) is 11.7. The lowest BCUT2D eigenvalue weighted by Gasteiger charge is -2.26. The quantitative estimate of drug-likeness (QED) is 0.835. The number of amides is 1. The zero-order valence-electron chi connectivity index (χ0n) is 10.9. The Balaban J connectivity index is 1.64. The molecule has 2 rings (SSSR count). The molecule has 4 nitrogen and oxygen atoms in total. The van der Waals surface area contributed by atoms with Crippen molar-refractivity contribution in [2.75, 3.05) is 32.7 Å². The highest BCUT2D eigenvalue weighted by Gasteiger charge is 2.11. The van der Waals surface area contributed by atoms with E-state index in [1.807, 2.05) is 0 Å². The largest absolute Gasteiger partial charge is 0.351 e. The van der Waals surface area contributed by atoms with Crippen molar-refractivity contribution in [2.45, 2.75) is 19.9 Å². The van der Waals surface area contributed by atoms with Crippen LogP contribution in [0.25, 0.3) is 0 Å². The van der Waals surface area contributed by atoms with E-state index in [4.69, 9.17) is 0 Å². The highest BCUT2D eigenvalue weighted by atomic mass is 32.1. The minimum absolute atomic E-state index is 0.154. The van der Waals surface area contributed by atoms with Gasteiger partial charge in [-0.15, -0.1) is 11.3 Å². The zero-order chi connectivity index (χ0) is 12.8. The summed E-state index contributed by atoms with van der Waals surface area (Å²) in [5.41, 5.74) is 1.27. The molecule has 0 saturated carbocycles. The Morgan fingerprint density at radius 1 is 1.50 bits per heavy atom. The van der Waals surface area contributed by atoms with Gasteiger partial charge in [0.1, 0.15) is 0 Å². The Morgan fingerprint density at radius 3 is 2.94 bits per heavy atom. The molecule has 1 aliphatic heterocycles. The molecular weight excluding hydrogens is 246 g/mol. The summed E-state index contributed by atoms with van der Waals surface area (Å²) >= 11 is 1.70. The average Bonchev–Trinajstić information content (AvgIpc) is 2.81. The van der Waals surface area contributed by atoms with Crippen LogP contribution in [0.3, 0.4) is 0 Å². The van der Waals surface area contributed by atoms with Crippen molar-refractivity contribution < 1.29 is 4.79 Å². The predicted molar refractivity (Wildman–Crippen MR) is 74.8 cm³/mol. The number of thiophene rings is 1. The van der Waals surface area contributed by atoms with Crippen LogP contribution in [0.1, 0.15) is 16.9 Å². The van der Waals surface area contributed by atoms with E-state index in [1.165, 1.54) is 10.4 Å². The minimum Gasteiger partial charge on any atom is -0.351 e. The number of nitrogens with zero attached hydrogens (tertiary/aromatic N) is 1. The molecule has 1 aliphatic rings. The lowest BCUT2D eigenvalue weighted by molar-refractivity contribution is -0.121. The van der Waals surface area contributed by atoms with E-state index in [2.05, 4.69) is 33.9 Å². The smallest absolute Gasteiger partial charge is 0.221 e. The van der Waals surface area contributed by atoms with E-state index >= 15 is 0 Å². The molecule has 1 amide bonds. The van der Waals surface area contributed by atoms with Crippen molar-refractivity contribution in [1.82, 2.24) is 15.5 Å².